The number of hydrogen-bond acceptors (Lipinski definition) is 2. The number of rotatable bonds is 7. The molecule has 0 amide bonds. The van der Waals surface area contributed by atoms with Crippen LogP contribution < -0.4 is 4.74 Å². The van der Waals surface area contributed by atoms with Crippen molar-refractivity contribution in [2.24, 2.45) is 5.92 Å². The zero-order chi connectivity index (χ0) is 19.3. The molecule has 0 aliphatic heterocycles. The fraction of sp³-hybridized carbons (Fsp3) is 0.385. The number of hydrogen-bond donors (Lipinski definition) is 0. The minimum atomic E-state index is 0.385. The summed E-state index contributed by atoms with van der Waals surface area (Å²) >= 11 is 0. The number of ether oxygens (including phenoxy) is 2. The van der Waals surface area contributed by atoms with Gasteiger partial charge >= 0.3 is 0 Å². The highest BCUT2D eigenvalue weighted by atomic mass is 16.5. The van der Waals surface area contributed by atoms with Crippen LogP contribution in [0.3, 0.4) is 0 Å². The number of fused-ring (bicyclic) bond motifs is 1. The van der Waals surface area contributed by atoms with E-state index in [0.29, 0.717) is 12.0 Å². The second-order valence-corrected chi connectivity index (χ2v) is 7.98. The molecule has 2 aromatic carbocycles. The molecule has 2 nitrogen and oxygen atoms in total. The van der Waals surface area contributed by atoms with Gasteiger partial charge in [-0.3, -0.25) is 0 Å². The van der Waals surface area contributed by atoms with Crippen molar-refractivity contribution in [3.8, 4) is 5.75 Å². The predicted molar refractivity (Wildman–Crippen MR) is 115 cm³/mol. The number of aryl methyl sites for hydroxylation is 1. The van der Waals surface area contributed by atoms with Gasteiger partial charge in [0.2, 0.25) is 0 Å². The Labute approximate surface area is 168 Å². The third-order valence-electron chi connectivity index (χ3n) is 6.28. The van der Waals surface area contributed by atoms with E-state index in [1.807, 2.05) is 13.2 Å². The lowest BCUT2D eigenvalue weighted by molar-refractivity contribution is 0.106. The highest BCUT2D eigenvalue weighted by Gasteiger charge is 2.33. The summed E-state index contributed by atoms with van der Waals surface area (Å²) in [7, 11) is 3.59. The largest absolute Gasteiger partial charge is 0.497 e. The second-order valence-electron chi connectivity index (χ2n) is 7.98. The fourth-order valence-electron chi connectivity index (χ4n) is 4.77. The molecule has 4 rings (SSSR count). The molecule has 28 heavy (non-hydrogen) atoms. The van der Waals surface area contributed by atoms with Gasteiger partial charge in [-0.05, 0) is 78.8 Å². The van der Waals surface area contributed by atoms with Crippen molar-refractivity contribution in [3.05, 3.63) is 88.5 Å². The summed E-state index contributed by atoms with van der Waals surface area (Å²) in [6.45, 7) is 0. The van der Waals surface area contributed by atoms with Crippen LogP contribution in [0.5, 0.6) is 5.75 Å². The lowest BCUT2D eigenvalue weighted by atomic mass is 9.80. The molecule has 2 aliphatic carbocycles. The van der Waals surface area contributed by atoms with Crippen LogP contribution in [0.1, 0.15) is 36.8 Å². The standard InChI is InChI=1S/C26H30O2/c1-27-23-10-6-9-20(16-23)11-14-25-21(15-19-7-4-3-5-8-19)12-13-22-17-24(28-2)18-26(22)25/h3-10,12,16,22,24H,11,13-15,17-18H2,1-2H3. The van der Waals surface area contributed by atoms with Crippen molar-refractivity contribution in [3.63, 3.8) is 0 Å². The minimum Gasteiger partial charge on any atom is -0.497 e. The highest BCUT2D eigenvalue weighted by molar-refractivity contribution is 5.45. The molecule has 2 unspecified atom stereocenters. The summed E-state index contributed by atoms with van der Waals surface area (Å²) in [4.78, 5) is 0. The lowest BCUT2D eigenvalue weighted by Gasteiger charge is -2.25. The number of benzene rings is 2. The van der Waals surface area contributed by atoms with Crippen LogP contribution in [0, 0.1) is 5.92 Å². The van der Waals surface area contributed by atoms with Crippen molar-refractivity contribution in [2.75, 3.05) is 14.2 Å². The van der Waals surface area contributed by atoms with Gasteiger partial charge in [-0.25, -0.2) is 0 Å². The van der Waals surface area contributed by atoms with E-state index in [4.69, 9.17) is 9.47 Å². The van der Waals surface area contributed by atoms with E-state index in [-0.39, 0.29) is 0 Å². The minimum absolute atomic E-state index is 0.385. The van der Waals surface area contributed by atoms with E-state index in [9.17, 15) is 0 Å². The summed E-state index contributed by atoms with van der Waals surface area (Å²) in [5.74, 6) is 1.61. The molecule has 0 spiro atoms. The van der Waals surface area contributed by atoms with E-state index >= 15 is 0 Å². The first-order chi connectivity index (χ1) is 13.8. The van der Waals surface area contributed by atoms with Crippen molar-refractivity contribution in [1.82, 2.24) is 0 Å². The molecule has 0 heterocycles. The van der Waals surface area contributed by atoms with Gasteiger partial charge in [0.25, 0.3) is 0 Å². The molecule has 0 aromatic heterocycles. The third-order valence-corrected chi connectivity index (χ3v) is 6.28. The maximum atomic E-state index is 5.72. The monoisotopic (exact) mass is 374 g/mol. The van der Waals surface area contributed by atoms with Crippen molar-refractivity contribution in [1.29, 1.82) is 0 Å². The maximum Gasteiger partial charge on any atom is 0.119 e. The molecule has 0 saturated heterocycles. The van der Waals surface area contributed by atoms with E-state index in [1.54, 1.807) is 18.3 Å². The molecule has 2 heteroatoms. The van der Waals surface area contributed by atoms with E-state index in [2.05, 4.69) is 54.6 Å². The third kappa shape index (κ3) is 4.23. The average molecular weight is 375 g/mol. The average Bonchev–Trinajstić information content (AvgIpc) is 3.17. The molecular formula is C26H30O2. The Morgan fingerprint density at radius 1 is 0.929 bits per heavy atom. The number of allylic oxidation sites excluding steroid dienone is 3. The van der Waals surface area contributed by atoms with E-state index in [1.165, 1.54) is 29.5 Å². The summed E-state index contributed by atoms with van der Waals surface area (Å²) in [5, 5.41) is 0. The summed E-state index contributed by atoms with van der Waals surface area (Å²) in [6.07, 6.45) is 9.49. The van der Waals surface area contributed by atoms with Gasteiger partial charge in [-0.2, -0.15) is 0 Å². The summed E-state index contributed by atoms with van der Waals surface area (Å²) in [6, 6.07) is 19.3. The molecule has 1 fully saturated rings. The summed E-state index contributed by atoms with van der Waals surface area (Å²) in [5.41, 5.74) is 7.51. The Kier molecular flexibility index (Phi) is 5.97. The van der Waals surface area contributed by atoms with Gasteiger partial charge in [0.1, 0.15) is 5.75 Å². The van der Waals surface area contributed by atoms with Crippen LogP contribution >= 0.6 is 0 Å². The van der Waals surface area contributed by atoms with Crippen molar-refractivity contribution >= 4 is 0 Å². The van der Waals surface area contributed by atoms with Crippen LogP contribution in [0.2, 0.25) is 0 Å². The van der Waals surface area contributed by atoms with E-state index in [0.717, 1.165) is 31.4 Å². The lowest BCUT2D eigenvalue weighted by Crippen LogP contribution is -2.10. The number of methoxy groups -OCH3 is 2. The predicted octanol–water partition coefficient (Wildman–Crippen LogP) is 5.92. The molecule has 0 radical (unpaired) electrons. The first-order valence-corrected chi connectivity index (χ1v) is 10.4. The van der Waals surface area contributed by atoms with Crippen LogP contribution in [0.4, 0.5) is 0 Å². The van der Waals surface area contributed by atoms with Gasteiger partial charge in [0, 0.05) is 7.11 Å². The first-order valence-electron chi connectivity index (χ1n) is 10.4. The van der Waals surface area contributed by atoms with Gasteiger partial charge in [0.15, 0.2) is 0 Å². The molecule has 2 aliphatic rings. The molecule has 2 atom stereocenters. The fourth-order valence-corrected chi connectivity index (χ4v) is 4.77. The Morgan fingerprint density at radius 3 is 2.54 bits per heavy atom. The first kappa shape index (κ1) is 19.0. The Hall–Kier alpha value is -2.32. The van der Waals surface area contributed by atoms with Gasteiger partial charge in [-0.1, -0.05) is 54.1 Å². The Morgan fingerprint density at radius 2 is 1.75 bits per heavy atom. The topological polar surface area (TPSA) is 18.5 Å². The molecule has 146 valence electrons. The van der Waals surface area contributed by atoms with Crippen molar-refractivity contribution < 1.29 is 9.47 Å². The van der Waals surface area contributed by atoms with Crippen LogP contribution in [0.25, 0.3) is 0 Å². The summed E-state index contributed by atoms with van der Waals surface area (Å²) < 4.78 is 11.1. The quantitative estimate of drug-likeness (QED) is 0.599. The second kappa shape index (κ2) is 8.79. The van der Waals surface area contributed by atoms with Crippen LogP contribution in [-0.2, 0) is 17.6 Å². The molecule has 0 N–H and O–H groups in total. The SMILES string of the molecule is COc1cccc(CCC2=C3CC(OC)CC3CC=C2Cc2ccccc2)c1. The smallest absolute Gasteiger partial charge is 0.119 e. The van der Waals surface area contributed by atoms with Crippen LogP contribution in [0.15, 0.2) is 77.4 Å². The molecule has 2 aromatic rings. The van der Waals surface area contributed by atoms with Crippen molar-refractivity contribution in [2.45, 2.75) is 44.6 Å². The Bertz CT molecular complexity index is 863. The molecule has 1 saturated carbocycles. The van der Waals surface area contributed by atoms with Gasteiger partial charge in [0.05, 0.1) is 13.2 Å². The zero-order valence-electron chi connectivity index (χ0n) is 17.0. The highest BCUT2D eigenvalue weighted by Crippen LogP contribution is 2.44. The van der Waals surface area contributed by atoms with Gasteiger partial charge in [-0.15, -0.1) is 0 Å². The normalized spacial score (nSPS) is 21.4. The van der Waals surface area contributed by atoms with Crippen LogP contribution in [-0.4, -0.2) is 20.3 Å². The molecule has 0 bridgehead atoms. The zero-order valence-corrected chi connectivity index (χ0v) is 17.0. The Balaban J connectivity index is 1.58. The molecular weight excluding hydrogens is 344 g/mol. The van der Waals surface area contributed by atoms with Gasteiger partial charge < -0.3 is 9.47 Å². The van der Waals surface area contributed by atoms with E-state index < -0.39 is 0 Å². The maximum absolute atomic E-state index is 5.72.